The second-order valence-corrected chi connectivity index (χ2v) is 10.8. The molecule has 9 heteroatoms. The molecule has 39 heavy (non-hydrogen) atoms. The lowest BCUT2D eigenvalue weighted by atomic mass is 9.68. The van der Waals surface area contributed by atoms with Gasteiger partial charge in [0.25, 0.3) is 0 Å². The Labute approximate surface area is 231 Å². The first-order valence-corrected chi connectivity index (χ1v) is 13.5. The smallest absolute Gasteiger partial charge is 0.331 e. The van der Waals surface area contributed by atoms with Crippen molar-refractivity contribution in [3.8, 4) is 17.2 Å². The Kier molecular flexibility index (Phi) is 9.26. The van der Waals surface area contributed by atoms with Crippen LogP contribution in [0.3, 0.4) is 0 Å². The molecule has 216 valence electrons. The molecular formula is C30H42O9. The van der Waals surface area contributed by atoms with E-state index in [1.807, 2.05) is 0 Å². The number of methoxy groups -OCH3 is 4. The normalized spacial score (nSPS) is 31.2. The van der Waals surface area contributed by atoms with Crippen molar-refractivity contribution in [1.29, 1.82) is 0 Å². The van der Waals surface area contributed by atoms with Gasteiger partial charge in [0.2, 0.25) is 5.75 Å². The first-order valence-electron chi connectivity index (χ1n) is 13.5. The molecule has 1 aromatic rings. The Bertz CT molecular complexity index is 1050. The number of benzene rings is 1. The third kappa shape index (κ3) is 6.43. The van der Waals surface area contributed by atoms with E-state index >= 15 is 0 Å². The molecule has 1 aromatic carbocycles. The van der Waals surface area contributed by atoms with Crippen LogP contribution in [-0.4, -0.2) is 83.7 Å². The van der Waals surface area contributed by atoms with E-state index in [2.05, 4.69) is 26.8 Å². The van der Waals surface area contributed by atoms with Crippen molar-refractivity contribution in [2.24, 2.45) is 5.92 Å². The fourth-order valence-electron chi connectivity index (χ4n) is 5.79. The third-order valence-electron chi connectivity index (χ3n) is 7.93. The molecule has 2 saturated heterocycles. The molecule has 3 fully saturated rings. The van der Waals surface area contributed by atoms with Crippen molar-refractivity contribution in [2.45, 2.75) is 69.5 Å². The minimum Gasteiger partial charge on any atom is -0.493 e. The van der Waals surface area contributed by atoms with Gasteiger partial charge in [0.1, 0.15) is 30.0 Å². The summed E-state index contributed by atoms with van der Waals surface area (Å²) < 4.78 is 46.0. The monoisotopic (exact) mass is 546 g/mol. The van der Waals surface area contributed by atoms with E-state index in [0.717, 1.165) is 12.8 Å². The maximum atomic E-state index is 13.0. The van der Waals surface area contributed by atoms with E-state index < -0.39 is 12.1 Å². The van der Waals surface area contributed by atoms with E-state index in [1.165, 1.54) is 11.6 Å². The highest BCUT2D eigenvalue weighted by atomic mass is 16.6. The van der Waals surface area contributed by atoms with Gasteiger partial charge in [0, 0.05) is 20.3 Å². The van der Waals surface area contributed by atoms with Crippen LogP contribution in [0.1, 0.15) is 45.6 Å². The molecule has 2 heterocycles. The SMILES string of the molecule is COCCOc1c(OC)cc(/C=C/C(=O)O[C@@H]2CCC3(CO3)[C@@H](C3(C)O[C@H]3CC=C(C)C)[C@@H]2OC)cc1OC. The summed E-state index contributed by atoms with van der Waals surface area (Å²) in [5.41, 5.74) is 1.31. The number of ether oxygens (including phenoxy) is 8. The number of hydrogen-bond acceptors (Lipinski definition) is 9. The molecule has 3 aliphatic rings. The fraction of sp³-hybridized carbons (Fsp3) is 0.633. The van der Waals surface area contributed by atoms with Gasteiger partial charge in [0.15, 0.2) is 11.5 Å². The van der Waals surface area contributed by atoms with Crippen LogP contribution < -0.4 is 14.2 Å². The number of carbonyl (C=O) groups is 1. The number of epoxide rings is 2. The van der Waals surface area contributed by atoms with E-state index in [0.29, 0.717) is 49.1 Å². The molecule has 0 amide bonds. The molecule has 0 N–H and O–H groups in total. The number of rotatable bonds is 13. The molecule has 4 rings (SSSR count). The highest BCUT2D eigenvalue weighted by Crippen LogP contribution is 2.59. The number of carbonyl (C=O) groups excluding carboxylic acids is 1. The van der Waals surface area contributed by atoms with Crippen LogP contribution in [0, 0.1) is 5.92 Å². The Morgan fingerprint density at radius 2 is 1.79 bits per heavy atom. The summed E-state index contributed by atoms with van der Waals surface area (Å²) in [6.45, 7) is 7.76. The summed E-state index contributed by atoms with van der Waals surface area (Å²) in [6, 6.07) is 3.55. The van der Waals surface area contributed by atoms with Crippen molar-refractivity contribution in [1.82, 2.24) is 0 Å². The van der Waals surface area contributed by atoms with Crippen LogP contribution >= 0.6 is 0 Å². The zero-order valence-electron chi connectivity index (χ0n) is 24.1. The molecule has 9 nitrogen and oxygen atoms in total. The van der Waals surface area contributed by atoms with Crippen LogP contribution in [-0.2, 0) is 28.5 Å². The van der Waals surface area contributed by atoms with Crippen LogP contribution in [0.2, 0.25) is 0 Å². The second kappa shape index (κ2) is 12.3. The highest BCUT2D eigenvalue weighted by Gasteiger charge is 2.72. The summed E-state index contributed by atoms with van der Waals surface area (Å²) in [7, 11) is 6.37. The van der Waals surface area contributed by atoms with Gasteiger partial charge in [-0.2, -0.15) is 0 Å². The quantitative estimate of drug-likeness (QED) is 0.118. The second-order valence-electron chi connectivity index (χ2n) is 10.8. The number of esters is 1. The Morgan fingerprint density at radius 3 is 2.36 bits per heavy atom. The van der Waals surface area contributed by atoms with Crippen molar-refractivity contribution in [2.75, 3.05) is 48.3 Å². The first kappa shape index (κ1) is 29.4. The van der Waals surface area contributed by atoms with Gasteiger partial charge in [0.05, 0.1) is 39.5 Å². The Balaban J connectivity index is 1.45. The molecule has 2 aliphatic heterocycles. The molecule has 1 spiro atoms. The molecular weight excluding hydrogens is 504 g/mol. The zero-order valence-corrected chi connectivity index (χ0v) is 24.1. The fourth-order valence-corrected chi connectivity index (χ4v) is 5.79. The van der Waals surface area contributed by atoms with Crippen LogP contribution in [0.5, 0.6) is 17.2 Å². The van der Waals surface area contributed by atoms with E-state index in [1.54, 1.807) is 46.6 Å². The summed E-state index contributed by atoms with van der Waals surface area (Å²) in [5.74, 6) is 0.976. The Morgan fingerprint density at radius 1 is 1.10 bits per heavy atom. The lowest BCUT2D eigenvalue weighted by Crippen LogP contribution is -2.55. The van der Waals surface area contributed by atoms with Gasteiger partial charge < -0.3 is 37.9 Å². The molecule has 6 atom stereocenters. The number of hydrogen-bond donors (Lipinski definition) is 0. The average Bonchev–Trinajstić information content (AvgIpc) is 3.84. The van der Waals surface area contributed by atoms with E-state index in [4.69, 9.17) is 37.9 Å². The predicted molar refractivity (Wildman–Crippen MR) is 145 cm³/mol. The third-order valence-corrected chi connectivity index (χ3v) is 7.93. The van der Waals surface area contributed by atoms with Crippen LogP contribution in [0.25, 0.3) is 6.08 Å². The summed E-state index contributed by atoms with van der Waals surface area (Å²) in [6.07, 6.45) is 6.94. The van der Waals surface area contributed by atoms with Gasteiger partial charge >= 0.3 is 5.97 Å². The summed E-state index contributed by atoms with van der Waals surface area (Å²) >= 11 is 0. The van der Waals surface area contributed by atoms with Crippen molar-refractivity contribution < 1.29 is 42.7 Å². The van der Waals surface area contributed by atoms with Crippen molar-refractivity contribution >= 4 is 12.0 Å². The van der Waals surface area contributed by atoms with Gasteiger partial charge in [-0.1, -0.05) is 11.6 Å². The van der Waals surface area contributed by atoms with E-state index in [-0.39, 0.29) is 29.3 Å². The van der Waals surface area contributed by atoms with Gasteiger partial charge in [-0.25, -0.2) is 4.79 Å². The van der Waals surface area contributed by atoms with Gasteiger partial charge in [-0.15, -0.1) is 0 Å². The zero-order chi connectivity index (χ0) is 28.2. The molecule has 0 bridgehead atoms. The maximum Gasteiger partial charge on any atom is 0.331 e. The summed E-state index contributed by atoms with van der Waals surface area (Å²) in [4.78, 5) is 13.0. The molecule has 2 unspecified atom stereocenters. The number of allylic oxidation sites excluding steroid dienone is 1. The molecule has 0 aromatic heterocycles. The first-order chi connectivity index (χ1) is 18.7. The lowest BCUT2D eigenvalue weighted by molar-refractivity contribution is -0.166. The van der Waals surface area contributed by atoms with Crippen molar-refractivity contribution in [3.05, 3.63) is 35.4 Å². The Hall–Kier alpha value is -2.59. The minimum absolute atomic E-state index is 0.0275. The average molecular weight is 547 g/mol. The standard InChI is InChI=1S/C30H42O9/c1-19(2)8-10-24-29(3,39-24)28-27(35-7)21(12-13-30(28)18-37-30)38-25(31)11-9-20-16-22(33-5)26(23(17-20)34-6)36-15-14-32-4/h8-9,11,16-17,21,24,27-28H,10,12-15,18H2,1-7H3/b11-9+/t21-,24+,27-,28-,29?,30?/m1/s1. The highest BCUT2D eigenvalue weighted by molar-refractivity contribution is 5.87. The molecule has 1 saturated carbocycles. The molecule has 0 radical (unpaired) electrons. The lowest BCUT2D eigenvalue weighted by Gasteiger charge is -2.42. The maximum absolute atomic E-state index is 13.0. The topological polar surface area (TPSA) is 97.5 Å². The minimum atomic E-state index is -0.449. The van der Waals surface area contributed by atoms with Crippen LogP contribution in [0.4, 0.5) is 0 Å². The molecule has 1 aliphatic carbocycles. The predicted octanol–water partition coefficient (Wildman–Crippen LogP) is 4.36. The van der Waals surface area contributed by atoms with Crippen molar-refractivity contribution in [3.63, 3.8) is 0 Å². The van der Waals surface area contributed by atoms with Crippen LogP contribution in [0.15, 0.2) is 29.9 Å². The largest absolute Gasteiger partial charge is 0.493 e. The van der Waals surface area contributed by atoms with E-state index in [9.17, 15) is 4.79 Å². The summed E-state index contributed by atoms with van der Waals surface area (Å²) in [5, 5.41) is 0. The van der Waals surface area contributed by atoms with Gasteiger partial charge in [-0.05, 0) is 63.8 Å². The van der Waals surface area contributed by atoms with Gasteiger partial charge in [-0.3, -0.25) is 0 Å².